The third kappa shape index (κ3) is 5.93. The van der Waals surface area contributed by atoms with Crippen molar-refractivity contribution in [1.29, 1.82) is 0 Å². The van der Waals surface area contributed by atoms with Crippen LogP contribution in [0.3, 0.4) is 0 Å². The summed E-state index contributed by atoms with van der Waals surface area (Å²) in [5.41, 5.74) is -1.20. The third-order valence-corrected chi connectivity index (χ3v) is 5.31. The molecule has 1 atom stereocenters. The van der Waals surface area contributed by atoms with Gasteiger partial charge in [-0.2, -0.15) is 13.2 Å². The number of hydrogen-bond donors (Lipinski definition) is 2. The fraction of sp³-hybridized carbons (Fsp3) is 0.600. The van der Waals surface area contributed by atoms with E-state index in [0.29, 0.717) is 6.42 Å². The number of β-amino-alcohol motifs (C(OH)–C–C–N with tert-alkyl or cyclic N) is 1. The second-order valence-corrected chi connectivity index (χ2v) is 7.73. The van der Waals surface area contributed by atoms with Gasteiger partial charge in [-0.15, -0.1) is 0 Å². The van der Waals surface area contributed by atoms with E-state index >= 15 is 0 Å². The van der Waals surface area contributed by atoms with E-state index in [2.05, 4.69) is 5.32 Å². The monoisotopic (exact) mass is 413 g/mol. The molecule has 2 aliphatic rings. The van der Waals surface area contributed by atoms with Gasteiger partial charge in [0, 0.05) is 24.3 Å². The lowest BCUT2D eigenvalue weighted by Gasteiger charge is -2.20. The van der Waals surface area contributed by atoms with E-state index in [4.69, 9.17) is 0 Å². The Morgan fingerprint density at radius 2 is 1.76 bits per heavy atom. The predicted octanol–water partition coefficient (Wildman–Crippen LogP) is 2.73. The van der Waals surface area contributed by atoms with Gasteiger partial charge in [-0.3, -0.25) is 14.5 Å². The summed E-state index contributed by atoms with van der Waals surface area (Å²) in [4.78, 5) is 28.3. The summed E-state index contributed by atoms with van der Waals surface area (Å²) < 4.78 is 40.0. The fourth-order valence-corrected chi connectivity index (χ4v) is 3.79. The van der Waals surface area contributed by atoms with E-state index in [1.807, 2.05) is 4.90 Å². The summed E-state index contributed by atoms with van der Waals surface area (Å²) in [6, 6.07) is 2.90. The number of hydrogen-bond acceptors (Lipinski definition) is 4. The summed E-state index contributed by atoms with van der Waals surface area (Å²) in [5, 5.41) is 12.1. The molecule has 2 saturated heterocycles. The van der Waals surface area contributed by atoms with Gasteiger partial charge in [0.15, 0.2) is 0 Å². The Morgan fingerprint density at radius 1 is 1.07 bits per heavy atom. The molecule has 1 unspecified atom stereocenters. The minimum absolute atomic E-state index is 0.0530. The van der Waals surface area contributed by atoms with E-state index in [1.54, 1.807) is 0 Å². The number of carbonyl (C=O) groups is 2. The number of halogens is 3. The van der Waals surface area contributed by atoms with Gasteiger partial charge in [-0.05, 0) is 50.6 Å². The summed E-state index contributed by atoms with van der Waals surface area (Å²) in [6.07, 6.45) is -0.702. The number of carbonyl (C=O) groups excluding carboxylic acids is 2. The lowest BCUT2D eigenvalue weighted by Crippen LogP contribution is -2.34. The molecule has 0 radical (unpaired) electrons. The Bertz CT molecular complexity index is 746. The van der Waals surface area contributed by atoms with Crippen molar-refractivity contribution in [3.8, 4) is 0 Å². The van der Waals surface area contributed by atoms with Crippen LogP contribution in [-0.2, 0) is 11.0 Å². The summed E-state index contributed by atoms with van der Waals surface area (Å²) >= 11 is 0. The van der Waals surface area contributed by atoms with Gasteiger partial charge < -0.3 is 15.3 Å². The molecule has 2 fully saturated rings. The van der Waals surface area contributed by atoms with Gasteiger partial charge in [0.25, 0.3) is 5.91 Å². The standard InChI is InChI=1S/C20H26F3N3O3/c21-20(22,23)15-9-14(19(29)26-8-5-17(27)12-26)10-16(11-15)24-18(28)13-25-6-3-1-2-4-7-25/h9-11,17,27H,1-8,12-13H2,(H,24,28). The Balaban J connectivity index is 1.76. The molecule has 0 saturated carbocycles. The van der Waals surface area contributed by atoms with Crippen molar-refractivity contribution < 1.29 is 27.9 Å². The quantitative estimate of drug-likeness (QED) is 0.796. The highest BCUT2D eigenvalue weighted by Crippen LogP contribution is 2.32. The zero-order valence-corrected chi connectivity index (χ0v) is 16.2. The van der Waals surface area contributed by atoms with Crippen LogP contribution >= 0.6 is 0 Å². The molecule has 0 bridgehead atoms. The fourth-order valence-electron chi connectivity index (χ4n) is 3.79. The molecule has 0 spiro atoms. The number of rotatable bonds is 4. The second-order valence-electron chi connectivity index (χ2n) is 7.73. The Morgan fingerprint density at radius 3 is 2.34 bits per heavy atom. The Labute approximate surface area is 167 Å². The van der Waals surface area contributed by atoms with Crippen LogP contribution in [0.25, 0.3) is 0 Å². The van der Waals surface area contributed by atoms with Crippen molar-refractivity contribution in [3.63, 3.8) is 0 Å². The van der Waals surface area contributed by atoms with Crippen molar-refractivity contribution in [2.24, 2.45) is 0 Å². The molecule has 1 aromatic rings. The molecular formula is C20H26F3N3O3. The van der Waals surface area contributed by atoms with Gasteiger partial charge >= 0.3 is 6.18 Å². The maximum absolute atomic E-state index is 13.3. The van der Waals surface area contributed by atoms with Crippen molar-refractivity contribution >= 4 is 17.5 Å². The molecule has 160 valence electrons. The van der Waals surface area contributed by atoms with Crippen LogP contribution in [0.5, 0.6) is 0 Å². The van der Waals surface area contributed by atoms with Crippen LogP contribution in [0.1, 0.15) is 48.0 Å². The minimum Gasteiger partial charge on any atom is -0.391 e. The third-order valence-electron chi connectivity index (χ3n) is 5.31. The van der Waals surface area contributed by atoms with Crippen molar-refractivity contribution in [1.82, 2.24) is 9.80 Å². The van der Waals surface area contributed by atoms with Crippen LogP contribution in [0.2, 0.25) is 0 Å². The lowest BCUT2D eigenvalue weighted by atomic mass is 10.1. The average Bonchev–Trinajstić information content (AvgIpc) is 2.92. The Kier molecular flexibility index (Phi) is 6.79. The first-order valence-corrected chi connectivity index (χ1v) is 9.94. The second kappa shape index (κ2) is 9.13. The molecule has 2 heterocycles. The zero-order valence-electron chi connectivity index (χ0n) is 16.2. The lowest BCUT2D eigenvalue weighted by molar-refractivity contribution is -0.137. The Hall–Kier alpha value is -2.13. The number of alkyl halides is 3. The van der Waals surface area contributed by atoms with E-state index in [9.17, 15) is 27.9 Å². The van der Waals surface area contributed by atoms with Crippen LogP contribution in [0, 0.1) is 0 Å². The zero-order chi connectivity index (χ0) is 21.0. The molecule has 9 heteroatoms. The molecule has 29 heavy (non-hydrogen) atoms. The summed E-state index contributed by atoms with van der Waals surface area (Å²) in [6.45, 7) is 2.06. The predicted molar refractivity (Wildman–Crippen MR) is 102 cm³/mol. The molecule has 2 aliphatic heterocycles. The number of anilines is 1. The van der Waals surface area contributed by atoms with Crippen LogP contribution in [-0.4, -0.2) is 65.5 Å². The average molecular weight is 413 g/mol. The van der Waals surface area contributed by atoms with Gasteiger partial charge in [0.1, 0.15) is 0 Å². The van der Waals surface area contributed by atoms with Crippen molar-refractivity contribution in [2.75, 3.05) is 38.0 Å². The first kappa shape index (κ1) is 21.6. The van der Waals surface area contributed by atoms with E-state index in [1.165, 1.54) is 11.0 Å². The van der Waals surface area contributed by atoms with E-state index in [-0.39, 0.29) is 30.9 Å². The molecule has 3 rings (SSSR count). The van der Waals surface area contributed by atoms with E-state index in [0.717, 1.165) is 50.9 Å². The number of amides is 2. The number of benzene rings is 1. The van der Waals surface area contributed by atoms with Gasteiger partial charge in [0.05, 0.1) is 18.2 Å². The maximum atomic E-state index is 13.3. The van der Waals surface area contributed by atoms with Crippen LogP contribution in [0.15, 0.2) is 18.2 Å². The topological polar surface area (TPSA) is 72.9 Å². The summed E-state index contributed by atoms with van der Waals surface area (Å²) in [7, 11) is 0. The highest BCUT2D eigenvalue weighted by atomic mass is 19.4. The molecule has 1 aromatic carbocycles. The van der Waals surface area contributed by atoms with Crippen LogP contribution in [0.4, 0.5) is 18.9 Å². The molecule has 0 aromatic heterocycles. The van der Waals surface area contributed by atoms with Gasteiger partial charge in [0.2, 0.25) is 5.91 Å². The SMILES string of the molecule is O=C(CN1CCCCCC1)Nc1cc(C(=O)N2CCC(O)C2)cc(C(F)(F)F)c1. The highest BCUT2D eigenvalue weighted by Gasteiger charge is 2.33. The van der Waals surface area contributed by atoms with E-state index < -0.39 is 29.7 Å². The van der Waals surface area contributed by atoms with Gasteiger partial charge in [-0.25, -0.2) is 0 Å². The normalized spacial score (nSPS) is 21.1. The number of aliphatic hydroxyl groups is 1. The number of aliphatic hydroxyl groups excluding tert-OH is 1. The number of nitrogens with zero attached hydrogens (tertiary/aromatic N) is 2. The molecule has 0 aliphatic carbocycles. The van der Waals surface area contributed by atoms with Crippen molar-refractivity contribution in [3.05, 3.63) is 29.3 Å². The molecule has 6 nitrogen and oxygen atoms in total. The van der Waals surface area contributed by atoms with Gasteiger partial charge in [-0.1, -0.05) is 12.8 Å². The molecule has 2 amide bonds. The maximum Gasteiger partial charge on any atom is 0.416 e. The first-order valence-electron chi connectivity index (χ1n) is 9.94. The smallest absolute Gasteiger partial charge is 0.391 e. The van der Waals surface area contributed by atoms with Crippen LogP contribution < -0.4 is 5.32 Å². The first-order chi connectivity index (χ1) is 13.7. The number of likely N-dealkylation sites (tertiary alicyclic amines) is 2. The summed E-state index contributed by atoms with van der Waals surface area (Å²) in [5.74, 6) is -0.989. The number of nitrogens with one attached hydrogen (secondary N) is 1. The molecule has 2 N–H and O–H groups in total. The largest absolute Gasteiger partial charge is 0.416 e. The van der Waals surface area contributed by atoms with Crippen molar-refractivity contribution in [2.45, 2.75) is 44.4 Å². The minimum atomic E-state index is -4.65. The molecular weight excluding hydrogens is 387 g/mol. The highest BCUT2D eigenvalue weighted by molar-refractivity contribution is 5.98.